The molecule has 0 aliphatic rings. The SMILES string of the molecule is CSC(C)NC(=O)NC(C)S. The lowest BCUT2D eigenvalue weighted by atomic mass is 10.7. The van der Waals surface area contributed by atoms with Crippen molar-refractivity contribution < 1.29 is 4.79 Å². The van der Waals surface area contributed by atoms with Crippen molar-refractivity contribution in [3.05, 3.63) is 0 Å². The van der Waals surface area contributed by atoms with Crippen molar-refractivity contribution in [2.45, 2.75) is 24.6 Å². The van der Waals surface area contributed by atoms with Crippen LogP contribution >= 0.6 is 24.4 Å². The van der Waals surface area contributed by atoms with Crippen LogP contribution in [0.3, 0.4) is 0 Å². The first-order chi connectivity index (χ1) is 5.06. The van der Waals surface area contributed by atoms with Crippen LogP contribution in [-0.4, -0.2) is 23.0 Å². The number of rotatable bonds is 3. The Morgan fingerprint density at radius 2 is 2.00 bits per heavy atom. The smallest absolute Gasteiger partial charge is 0.316 e. The zero-order chi connectivity index (χ0) is 8.85. The molecule has 5 heteroatoms. The van der Waals surface area contributed by atoms with Gasteiger partial charge in [0, 0.05) is 0 Å². The van der Waals surface area contributed by atoms with E-state index < -0.39 is 0 Å². The Kier molecular flexibility index (Phi) is 5.58. The van der Waals surface area contributed by atoms with E-state index in [4.69, 9.17) is 0 Å². The minimum Gasteiger partial charge on any atom is -0.327 e. The molecule has 2 N–H and O–H groups in total. The Morgan fingerprint density at radius 1 is 1.45 bits per heavy atom. The molecule has 0 saturated heterocycles. The molecule has 0 fully saturated rings. The molecular weight excluding hydrogens is 180 g/mol. The zero-order valence-electron chi connectivity index (χ0n) is 6.92. The normalized spacial score (nSPS) is 15.3. The quantitative estimate of drug-likeness (QED) is 0.468. The van der Waals surface area contributed by atoms with E-state index in [-0.39, 0.29) is 16.8 Å². The largest absolute Gasteiger partial charge is 0.327 e. The van der Waals surface area contributed by atoms with Gasteiger partial charge in [0.1, 0.15) is 0 Å². The van der Waals surface area contributed by atoms with Gasteiger partial charge in [-0.05, 0) is 20.1 Å². The molecule has 0 bridgehead atoms. The maximum atomic E-state index is 10.9. The first kappa shape index (κ1) is 11.0. The molecule has 66 valence electrons. The van der Waals surface area contributed by atoms with Gasteiger partial charge in [0.05, 0.1) is 10.7 Å². The first-order valence-corrected chi connectivity index (χ1v) is 5.14. The summed E-state index contributed by atoms with van der Waals surface area (Å²) in [6.45, 7) is 3.72. The van der Waals surface area contributed by atoms with E-state index in [1.165, 1.54) is 0 Å². The second-order valence-electron chi connectivity index (χ2n) is 2.17. The molecule has 0 saturated carbocycles. The van der Waals surface area contributed by atoms with E-state index in [0.717, 1.165) is 0 Å². The van der Waals surface area contributed by atoms with Gasteiger partial charge in [0.25, 0.3) is 0 Å². The molecule has 0 aromatic heterocycles. The standard InChI is InChI=1S/C6H14N2OS2/c1-4(10)7-6(9)8-5(2)11-3/h4-5,10H,1-3H3,(H2,7,8,9). The number of carbonyl (C=O) groups is 1. The van der Waals surface area contributed by atoms with Gasteiger partial charge in [-0.2, -0.15) is 12.6 Å². The van der Waals surface area contributed by atoms with Crippen molar-refractivity contribution in [3.63, 3.8) is 0 Å². The maximum Gasteiger partial charge on any atom is 0.316 e. The highest BCUT2D eigenvalue weighted by molar-refractivity contribution is 7.99. The summed E-state index contributed by atoms with van der Waals surface area (Å²) in [5.41, 5.74) is 0. The van der Waals surface area contributed by atoms with E-state index in [1.807, 2.05) is 13.2 Å². The van der Waals surface area contributed by atoms with Crippen LogP contribution in [0.4, 0.5) is 4.79 Å². The van der Waals surface area contributed by atoms with Crippen LogP contribution in [0.25, 0.3) is 0 Å². The molecule has 0 rings (SSSR count). The number of urea groups is 1. The van der Waals surface area contributed by atoms with Crippen LogP contribution in [0.2, 0.25) is 0 Å². The van der Waals surface area contributed by atoms with Gasteiger partial charge in [-0.25, -0.2) is 4.79 Å². The lowest BCUT2D eigenvalue weighted by Crippen LogP contribution is -2.41. The molecule has 0 radical (unpaired) electrons. The number of amides is 2. The first-order valence-electron chi connectivity index (χ1n) is 3.34. The van der Waals surface area contributed by atoms with Crippen molar-refractivity contribution in [2.75, 3.05) is 6.26 Å². The fourth-order valence-electron chi connectivity index (χ4n) is 0.475. The molecule has 0 aromatic rings. The molecule has 0 aliphatic heterocycles. The molecule has 0 spiro atoms. The molecule has 2 unspecified atom stereocenters. The fraction of sp³-hybridized carbons (Fsp3) is 0.833. The Morgan fingerprint density at radius 3 is 2.36 bits per heavy atom. The van der Waals surface area contributed by atoms with E-state index in [2.05, 4.69) is 23.3 Å². The number of hydrogen-bond donors (Lipinski definition) is 3. The van der Waals surface area contributed by atoms with Crippen molar-refractivity contribution in [1.29, 1.82) is 0 Å². The molecule has 0 aromatic carbocycles. The van der Waals surface area contributed by atoms with Crippen molar-refractivity contribution >= 4 is 30.4 Å². The zero-order valence-corrected chi connectivity index (χ0v) is 8.63. The van der Waals surface area contributed by atoms with Gasteiger partial charge in [0.2, 0.25) is 0 Å². The highest BCUT2D eigenvalue weighted by Gasteiger charge is 2.05. The van der Waals surface area contributed by atoms with Gasteiger partial charge in [0.15, 0.2) is 0 Å². The average Bonchev–Trinajstić information content (AvgIpc) is 1.85. The van der Waals surface area contributed by atoms with Crippen molar-refractivity contribution in [1.82, 2.24) is 10.6 Å². The Hall–Kier alpha value is -0.0300. The van der Waals surface area contributed by atoms with Gasteiger partial charge < -0.3 is 10.6 Å². The molecular formula is C6H14N2OS2. The second-order valence-corrected chi connectivity index (χ2v) is 4.12. The lowest BCUT2D eigenvalue weighted by Gasteiger charge is -2.13. The van der Waals surface area contributed by atoms with Crippen LogP contribution in [-0.2, 0) is 0 Å². The molecule has 2 atom stereocenters. The number of hydrogen-bond acceptors (Lipinski definition) is 3. The number of thioether (sulfide) groups is 1. The topological polar surface area (TPSA) is 41.1 Å². The predicted octanol–water partition coefficient (Wildman–Crippen LogP) is 1.27. The van der Waals surface area contributed by atoms with Crippen molar-refractivity contribution in [2.24, 2.45) is 0 Å². The summed E-state index contributed by atoms with van der Waals surface area (Å²) in [5, 5.41) is 5.37. The number of carbonyl (C=O) groups excluding carboxylic acids is 1. The minimum atomic E-state index is -0.172. The fourth-order valence-corrected chi connectivity index (χ4v) is 0.817. The van der Waals surface area contributed by atoms with Gasteiger partial charge in [-0.1, -0.05) is 0 Å². The molecule has 0 aliphatic carbocycles. The number of thiol groups is 1. The summed E-state index contributed by atoms with van der Waals surface area (Å²) in [4.78, 5) is 10.9. The van der Waals surface area contributed by atoms with Crippen LogP contribution in [0.5, 0.6) is 0 Å². The third-order valence-electron chi connectivity index (χ3n) is 1.03. The predicted molar refractivity (Wildman–Crippen MR) is 53.1 cm³/mol. The molecule has 2 amide bonds. The molecule has 11 heavy (non-hydrogen) atoms. The van der Waals surface area contributed by atoms with Gasteiger partial charge in [-0.3, -0.25) is 0 Å². The molecule has 0 heterocycles. The summed E-state index contributed by atoms with van der Waals surface area (Å²) in [6.07, 6.45) is 1.94. The van der Waals surface area contributed by atoms with E-state index in [0.29, 0.717) is 0 Å². The van der Waals surface area contributed by atoms with Crippen LogP contribution < -0.4 is 10.6 Å². The highest BCUT2D eigenvalue weighted by atomic mass is 32.2. The van der Waals surface area contributed by atoms with Gasteiger partial charge in [-0.15, -0.1) is 11.8 Å². The summed E-state index contributed by atoms with van der Waals surface area (Å²) in [7, 11) is 0. The summed E-state index contributed by atoms with van der Waals surface area (Å²) in [5.74, 6) is 0. The number of nitrogens with one attached hydrogen (secondary N) is 2. The van der Waals surface area contributed by atoms with Crippen LogP contribution in [0, 0.1) is 0 Å². The maximum absolute atomic E-state index is 10.9. The molecule has 3 nitrogen and oxygen atoms in total. The Balaban J connectivity index is 3.52. The lowest BCUT2D eigenvalue weighted by molar-refractivity contribution is 0.240. The Labute approximate surface area is 77.1 Å². The van der Waals surface area contributed by atoms with Crippen LogP contribution in [0.1, 0.15) is 13.8 Å². The second kappa shape index (κ2) is 5.60. The van der Waals surface area contributed by atoms with E-state index in [1.54, 1.807) is 18.7 Å². The van der Waals surface area contributed by atoms with Gasteiger partial charge >= 0.3 is 6.03 Å². The van der Waals surface area contributed by atoms with Crippen molar-refractivity contribution in [3.8, 4) is 0 Å². The van der Waals surface area contributed by atoms with E-state index >= 15 is 0 Å². The summed E-state index contributed by atoms with van der Waals surface area (Å²) < 4.78 is 0. The minimum absolute atomic E-state index is 0.107. The average molecular weight is 194 g/mol. The summed E-state index contributed by atoms with van der Waals surface area (Å²) in [6, 6.07) is -0.172. The highest BCUT2D eigenvalue weighted by Crippen LogP contribution is 1.99. The third kappa shape index (κ3) is 6.37. The van der Waals surface area contributed by atoms with E-state index in [9.17, 15) is 4.79 Å². The third-order valence-corrected chi connectivity index (χ3v) is 1.98. The van der Waals surface area contributed by atoms with Crippen LogP contribution in [0.15, 0.2) is 0 Å². The monoisotopic (exact) mass is 194 g/mol. The summed E-state index contributed by atoms with van der Waals surface area (Å²) >= 11 is 5.59. The Bertz CT molecular complexity index is 130.